The molecule has 0 unspecified atom stereocenters. The smallest absolute Gasteiger partial charge is 1.00 e. The number of rotatable bonds is 4. The number of halogens is 2. The summed E-state index contributed by atoms with van der Waals surface area (Å²) in [6.45, 7) is 8.97. The minimum absolute atomic E-state index is 0. The molecule has 0 bridgehead atoms. The maximum absolute atomic E-state index is 2.24. The summed E-state index contributed by atoms with van der Waals surface area (Å²) < 4.78 is 0. The van der Waals surface area contributed by atoms with Crippen molar-refractivity contribution in [1.29, 1.82) is 0 Å². The summed E-state index contributed by atoms with van der Waals surface area (Å²) in [6, 6.07) is 17.1. The average molecular weight is 372 g/mol. The zero-order valence-corrected chi connectivity index (χ0v) is 15.9. The van der Waals surface area contributed by atoms with Crippen LogP contribution in [0.4, 0.5) is 0 Å². The first kappa shape index (κ1) is 25.4. The third-order valence-electron chi connectivity index (χ3n) is 2.75. The number of hydrogen-bond donors (Lipinski definition) is 0. The summed E-state index contributed by atoms with van der Waals surface area (Å²) in [5.41, 5.74) is 2.93. The van der Waals surface area contributed by atoms with E-state index in [1.54, 1.807) is 0 Å². The van der Waals surface area contributed by atoms with Crippen molar-refractivity contribution in [3.8, 4) is 0 Å². The van der Waals surface area contributed by atoms with Gasteiger partial charge in [-0.25, -0.2) is 24.3 Å². The van der Waals surface area contributed by atoms with Crippen LogP contribution >= 0.6 is 0 Å². The summed E-state index contributed by atoms with van der Waals surface area (Å²) >= 11 is 0. The van der Waals surface area contributed by atoms with Gasteiger partial charge in [0.15, 0.2) is 0 Å². The summed E-state index contributed by atoms with van der Waals surface area (Å²) in [5, 5.41) is 0. The van der Waals surface area contributed by atoms with Gasteiger partial charge in [0.1, 0.15) is 0 Å². The normalized spacial score (nSPS) is 9.05. The van der Waals surface area contributed by atoms with Crippen LogP contribution in [-0.2, 0) is 39.0 Å². The van der Waals surface area contributed by atoms with Crippen molar-refractivity contribution in [3.63, 3.8) is 0 Å². The third-order valence-corrected chi connectivity index (χ3v) is 2.75. The SMILES string of the molecule is CC(C)C[c-]1cccc1.CC(C)C[c-]1cccc1.[F-].[F-].[Zr+4]. The number of hydrogen-bond acceptors (Lipinski definition) is 0. The standard InChI is InChI=1S/2C9H13.2FH.Zr/c2*1-8(2)7-9-5-3-4-6-9;;;/h2*3-6,8H,7H2,1-2H3;2*1H;/q2*-1;;;+4/p-2. The summed E-state index contributed by atoms with van der Waals surface area (Å²) in [5.74, 6) is 1.57. The molecule has 0 saturated carbocycles. The Morgan fingerprint density at radius 2 is 0.857 bits per heavy atom. The average Bonchev–Trinajstić information content (AvgIpc) is 2.90. The third kappa shape index (κ3) is 12.9. The Kier molecular flexibility index (Phi) is 17.4. The van der Waals surface area contributed by atoms with Gasteiger partial charge in [-0.05, 0) is 0 Å². The van der Waals surface area contributed by atoms with Crippen LogP contribution in [0.25, 0.3) is 0 Å². The molecule has 0 heterocycles. The van der Waals surface area contributed by atoms with E-state index in [-0.39, 0.29) is 35.6 Å². The Bertz CT molecular complexity index is 349. The molecule has 3 heteroatoms. The zero-order valence-electron chi connectivity index (χ0n) is 13.4. The van der Waals surface area contributed by atoms with Crippen LogP contribution < -0.4 is 9.41 Å². The van der Waals surface area contributed by atoms with E-state index in [4.69, 9.17) is 0 Å². The van der Waals surface area contributed by atoms with Crippen LogP contribution in [0.1, 0.15) is 38.8 Å². The van der Waals surface area contributed by atoms with Crippen LogP contribution in [0.2, 0.25) is 0 Å². The first-order valence-corrected chi connectivity index (χ1v) is 6.99. The van der Waals surface area contributed by atoms with Gasteiger partial charge in [0.2, 0.25) is 0 Å². The van der Waals surface area contributed by atoms with E-state index >= 15 is 0 Å². The van der Waals surface area contributed by atoms with Gasteiger partial charge in [-0.2, -0.15) is 35.4 Å². The van der Waals surface area contributed by atoms with Crippen molar-refractivity contribution in [2.24, 2.45) is 11.8 Å². The fraction of sp³-hybridized carbons (Fsp3) is 0.444. The largest absolute Gasteiger partial charge is 4.00 e. The van der Waals surface area contributed by atoms with Crippen LogP contribution in [0.15, 0.2) is 48.5 Å². The van der Waals surface area contributed by atoms with Gasteiger partial charge in [-0.15, -0.1) is 0 Å². The molecule has 0 aliphatic carbocycles. The Morgan fingerprint density at radius 1 is 0.619 bits per heavy atom. The van der Waals surface area contributed by atoms with Crippen LogP contribution in [0, 0.1) is 11.8 Å². The monoisotopic (exact) mass is 370 g/mol. The van der Waals surface area contributed by atoms with Crippen LogP contribution in [0.5, 0.6) is 0 Å². The second kappa shape index (κ2) is 14.4. The minimum Gasteiger partial charge on any atom is -1.00 e. The molecule has 2 aromatic carbocycles. The second-order valence-electron chi connectivity index (χ2n) is 5.78. The predicted molar refractivity (Wildman–Crippen MR) is 81.2 cm³/mol. The van der Waals surface area contributed by atoms with Crippen molar-refractivity contribution in [2.45, 2.75) is 40.5 Å². The molecule has 0 saturated heterocycles. The topological polar surface area (TPSA) is 0 Å². The molecule has 0 aliphatic heterocycles. The van der Waals surface area contributed by atoms with Crippen LogP contribution in [-0.4, -0.2) is 0 Å². The molecule has 0 atom stereocenters. The van der Waals surface area contributed by atoms with E-state index in [1.165, 1.54) is 24.0 Å². The van der Waals surface area contributed by atoms with E-state index in [0.29, 0.717) is 0 Å². The van der Waals surface area contributed by atoms with Gasteiger partial charge in [-0.1, -0.05) is 52.4 Å². The predicted octanol–water partition coefficient (Wildman–Crippen LogP) is -0.786. The maximum atomic E-state index is 2.24. The Labute approximate surface area is 147 Å². The van der Waals surface area contributed by atoms with Gasteiger partial charge in [0.05, 0.1) is 0 Å². The van der Waals surface area contributed by atoms with Gasteiger partial charge in [-0.3, -0.25) is 0 Å². The van der Waals surface area contributed by atoms with E-state index < -0.39 is 0 Å². The maximum Gasteiger partial charge on any atom is 4.00 e. The van der Waals surface area contributed by atoms with Gasteiger partial charge in [0, 0.05) is 0 Å². The summed E-state index contributed by atoms with van der Waals surface area (Å²) in [6.07, 6.45) is 2.43. The molecule has 0 fully saturated rings. The van der Waals surface area contributed by atoms with E-state index in [2.05, 4.69) is 76.2 Å². The molecule has 21 heavy (non-hydrogen) atoms. The Morgan fingerprint density at radius 3 is 1.05 bits per heavy atom. The zero-order chi connectivity index (χ0) is 13.4. The van der Waals surface area contributed by atoms with Gasteiger partial charge < -0.3 is 9.41 Å². The van der Waals surface area contributed by atoms with Crippen molar-refractivity contribution in [2.75, 3.05) is 0 Å². The molecule has 0 aliphatic rings. The molecule has 0 N–H and O–H groups in total. The fourth-order valence-electron chi connectivity index (χ4n) is 2.04. The molecule has 2 rings (SSSR count). The molecule has 2 aromatic rings. The quantitative estimate of drug-likeness (QED) is 0.618. The van der Waals surface area contributed by atoms with Crippen molar-refractivity contribution < 1.29 is 35.6 Å². The molecule has 0 amide bonds. The first-order valence-electron chi connectivity index (χ1n) is 6.99. The molecule has 0 nitrogen and oxygen atoms in total. The van der Waals surface area contributed by atoms with E-state index in [9.17, 15) is 0 Å². The molecular weight excluding hydrogens is 345 g/mol. The molecular formula is C18H26F2Zr. The van der Waals surface area contributed by atoms with Gasteiger partial charge >= 0.3 is 26.2 Å². The van der Waals surface area contributed by atoms with Crippen molar-refractivity contribution >= 4 is 0 Å². The van der Waals surface area contributed by atoms with Crippen molar-refractivity contribution in [3.05, 3.63) is 59.7 Å². The Balaban J connectivity index is -0.000000270. The Hall–Kier alpha value is -0.557. The van der Waals surface area contributed by atoms with Crippen molar-refractivity contribution in [1.82, 2.24) is 0 Å². The van der Waals surface area contributed by atoms with E-state index in [0.717, 1.165) is 11.8 Å². The second-order valence-corrected chi connectivity index (χ2v) is 5.78. The fourth-order valence-corrected chi connectivity index (χ4v) is 2.04. The first-order chi connectivity index (χ1) is 8.58. The minimum atomic E-state index is 0. The molecule has 0 radical (unpaired) electrons. The van der Waals surface area contributed by atoms with E-state index in [1.807, 2.05) is 0 Å². The summed E-state index contributed by atoms with van der Waals surface area (Å²) in [7, 11) is 0. The summed E-state index contributed by atoms with van der Waals surface area (Å²) in [4.78, 5) is 0. The molecule has 0 spiro atoms. The molecule has 116 valence electrons. The van der Waals surface area contributed by atoms with Gasteiger partial charge in [0.25, 0.3) is 0 Å². The van der Waals surface area contributed by atoms with Crippen LogP contribution in [0.3, 0.4) is 0 Å². The molecule has 0 aromatic heterocycles.